The molecule has 384 valence electrons. The zero-order valence-corrected chi connectivity index (χ0v) is 42.4. The van der Waals surface area contributed by atoms with E-state index < -0.39 is 77.8 Å². The van der Waals surface area contributed by atoms with Crippen molar-refractivity contribution in [2.45, 2.75) is 180 Å². The highest BCUT2D eigenvalue weighted by Crippen LogP contribution is 2.38. The number of aliphatic hydroxyl groups is 3. The molecule has 0 radical (unpaired) electrons. The molecule has 15 heteroatoms. The molecule has 3 fully saturated rings. The summed E-state index contributed by atoms with van der Waals surface area (Å²) >= 11 is 0. The van der Waals surface area contributed by atoms with E-state index in [4.69, 9.17) is 28.4 Å². The first-order chi connectivity index (χ1) is 32.3. The quantitative estimate of drug-likeness (QED) is 0.174. The van der Waals surface area contributed by atoms with Gasteiger partial charge in [-0.1, -0.05) is 71.1 Å². The highest BCUT2D eigenvalue weighted by Gasteiger charge is 2.53. The molecule has 68 heavy (non-hydrogen) atoms. The van der Waals surface area contributed by atoms with Crippen LogP contribution in [0.4, 0.5) is 0 Å². The van der Waals surface area contributed by atoms with Crippen molar-refractivity contribution in [3.63, 3.8) is 0 Å². The topological polar surface area (TPSA) is 205 Å². The number of aliphatic hydroxyl groups excluding tert-OH is 2. The van der Waals surface area contributed by atoms with Crippen molar-refractivity contribution in [3.8, 4) is 0 Å². The highest BCUT2D eigenvalue weighted by molar-refractivity contribution is 6.39. The van der Waals surface area contributed by atoms with Crippen LogP contribution in [0.1, 0.15) is 126 Å². The van der Waals surface area contributed by atoms with E-state index in [-0.39, 0.29) is 74.1 Å². The molecule has 4 rings (SSSR count). The summed E-state index contributed by atoms with van der Waals surface area (Å²) in [7, 11) is 4.59. The molecule has 2 bridgehead atoms. The minimum Gasteiger partial charge on any atom is -0.460 e. The van der Waals surface area contributed by atoms with Crippen LogP contribution in [0, 0.1) is 35.5 Å². The number of methoxy groups -OCH3 is 3. The lowest BCUT2D eigenvalue weighted by Gasteiger charge is -2.42. The lowest BCUT2D eigenvalue weighted by molar-refractivity contribution is -0.265. The maximum Gasteiger partial charge on any atom is 0.329 e. The van der Waals surface area contributed by atoms with Crippen molar-refractivity contribution in [2.75, 3.05) is 41.1 Å². The predicted octanol–water partition coefficient (Wildman–Crippen LogP) is 6.20. The second-order valence-electron chi connectivity index (χ2n) is 20.2. The molecule has 0 aromatic heterocycles. The normalized spacial score (nSPS) is 37.5. The summed E-state index contributed by atoms with van der Waals surface area (Å²) in [6.45, 7) is 12.9. The number of nitrogens with zero attached hydrogens (tertiary/aromatic N) is 1. The van der Waals surface area contributed by atoms with E-state index in [1.807, 2.05) is 58.1 Å². The van der Waals surface area contributed by atoms with Gasteiger partial charge in [0.15, 0.2) is 11.6 Å². The van der Waals surface area contributed by atoms with Crippen LogP contribution in [-0.2, 0) is 52.4 Å². The van der Waals surface area contributed by atoms with Gasteiger partial charge in [0.05, 0.1) is 43.7 Å². The summed E-state index contributed by atoms with van der Waals surface area (Å²) in [5, 5.41) is 32.8. The van der Waals surface area contributed by atoms with Crippen LogP contribution in [-0.4, -0.2) is 145 Å². The Balaban J connectivity index is 1.70. The third-order valence-corrected chi connectivity index (χ3v) is 14.9. The van der Waals surface area contributed by atoms with Crippen molar-refractivity contribution < 1.29 is 67.7 Å². The number of carbonyl (C=O) groups excluding carboxylic acids is 5. The molecule has 1 aliphatic carbocycles. The number of piperidine rings is 1. The molecule has 1 amide bonds. The van der Waals surface area contributed by atoms with Crippen molar-refractivity contribution in [3.05, 3.63) is 47.6 Å². The van der Waals surface area contributed by atoms with Gasteiger partial charge < -0.3 is 48.6 Å². The molecule has 3 aliphatic heterocycles. The molecule has 15 atom stereocenters. The predicted molar refractivity (Wildman–Crippen MR) is 256 cm³/mol. The maximum absolute atomic E-state index is 14.5. The molecule has 0 spiro atoms. The number of amides is 1. The van der Waals surface area contributed by atoms with Gasteiger partial charge in [0, 0.05) is 58.5 Å². The zero-order valence-electron chi connectivity index (χ0n) is 42.4. The molecule has 0 aromatic rings. The van der Waals surface area contributed by atoms with E-state index in [1.54, 1.807) is 41.1 Å². The van der Waals surface area contributed by atoms with E-state index >= 15 is 0 Å². The average Bonchev–Trinajstić information content (AvgIpc) is 3.32. The van der Waals surface area contributed by atoms with Gasteiger partial charge in [-0.15, -0.1) is 0 Å². The van der Waals surface area contributed by atoms with Crippen LogP contribution < -0.4 is 0 Å². The van der Waals surface area contributed by atoms with Crippen LogP contribution >= 0.6 is 0 Å². The number of hydrogen-bond acceptors (Lipinski definition) is 14. The van der Waals surface area contributed by atoms with Crippen molar-refractivity contribution in [1.82, 2.24) is 4.90 Å². The minimum atomic E-state index is -2.43. The summed E-state index contributed by atoms with van der Waals surface area (Å²) in [5.41, 5.74) is 1.19. The molecule has 4 aliphatic rings. The van der Waals surface area contributed by atoms with Gasteiger partial charge in [-0.3, -0.25) is 19.2 Å². The standard InChI is InChI=1S/C53H83NO14/c1-32-16-12-11-13-17-33(2)44(63-8)30-40-21-19-38(7)53(62,68-40)50(59)51(60)54-23-15-14-18-41(54)52(61)67-45(35(4)28-39-20-22-43(66-25-24-55)46(29-39)64-9)31-42(56)34(3)27-37(6)48(58)49(65-10)47(57)36(5)26-32/h11-13,16-17,27,32,35-41,43-46,48-49,55,58,62H,14-15,18-26,28-31H2,1-10H3/b13-11?,16-12?,33-17?,34-27+/t32-,35+,36-,37?,38-,39+,40+,41+,43-,44+,45+,46-,48-,49+,53-/m1/s1. The summed E-state index contributed by atoms with van der Waals surface area (Å²) in [5.74, 6) is -7.94. The van der Waals surface area contributed by atoms with Gasteiger partial charge >= 0.3 is 5.97 Å². The first-order valence-electron chi connectivity index (χ1n) is 25.0. The van der Waals surface area contributed by atoms with Gasteiger partial charge in [-0.2, -0.15) is 0 Å². The number of esters is 1. The Hall–Kier alpha value is -3.41. The van der Waals surface area contributed by atoms with Gasteiger partial charge in [0.25, 0.3) is 11.7 Å². The fourth-order valence-corrected chi connectivity index (χ4v) is 10.5. The van der Waals surface area contributed by atoms with Crippen molar-refractivity contribution in [1.29, 1.82) is 0 Å². The largest absolute Gasteiger partial charge is 0.460 e. The summed E-state index contributed by atoms with van der Waals surface area (Å²) in [6.07, 6.45) is 12.0. The van der Waals surface area contributed by atoms with Gasteiger partial charge in [-0.25, -0.2) is 4.79 Å². The van der Waals surface area contributed by atoms with Crippen LogP contribution in [0.15, 0.2) is 47.6 Å². The molecule has 1 unspecified atom stereocenters. The Labute approximate surface area is 405 Å². The number of carbonyl (C=O) groups is 5. The number of rotatable bonds is 9. The molecule has 3 N–H and O–H groups in total. The maximum atomic E-state index is 14.5. The fraction of sp³-hybridized carbons (Fsp3) is 0.755. The molecule has 1 saturated carbocycles. The number of Topliss-reactive ketones (excluding diaryl/α,β-unsaturated/α-hetero) is 3. The second-order valence-corrected chi connectivity index (χ2v) is 20.2. The first-order valence-corrected chi connectivity index (χ1v) is 25.0. The lowest BCUT2D eigenvalue weighted by atomic mass is 9.78. The molecule has 2 saturated heterocycles. The monoisotopic (exact) mass is 958 g/mol. The van der Waals surface area contributed by atoms with Gasteiger partial charge in [0.1, 0.15) is 18.2 Å². The fourth-order valence-electron chi connectivity index (χ4n) is 10.5. The van der Waals surface area contributed by atoms with Crippen LogP contribution in [0.3, 0.4) is 0 Å². The number of ether oxygens (including phenoxy) is 6. The van der Waals surface area contributed by atoms with Crippen LogP contribution in [0.5, 0.6) is 0 Å². The summed E-state index contributed by atoms with van der Waals surface area (Å²) in [6, 6.07) is -1.15. The van der Waals surface area contributed by atoms with E-state index in [9.17, 15) is 39.3 Å². The average molecular weight is 958 g/mol. The number of ketones is 3. The Morgan fingerprint density at radius 1 is 0.868 bits per heavy atom. The first kappa shape index (κ1) is 57.2. The molecular weight excluding hydrogens is 875 g/mol. The number of fused-ring (bicyclic) bond motifs is 3. The van der Waals surface area contributed by atoms with Crippen molar-refractivity contribution >= 4 is 29.2 Å². The smallest absolute Gasteiger partial charge is 0.329 e. The van der Waals surface area contributed by atoms with Crippen LogP contribution in [0.2, 0.25) is 0 Å². The third-order valence-electron chi connectivity index (χ3n) is 14.9. The zero-order chi connectivity index (χ0) is 50.3. The summed E-state index contributed by atoms with van der Waals surface area (Å²) in [4.78, 5) is 72.1. The van der Waals surface area contributed by atoms with E-state index in [2.05, 4.69) is 0 Å². The lowest BCUT2D eigenvalue weighted by Crippen LogP contribution is -2.61. The molecule has 0 aromatic carbocycles. The van der Waals surface area contributed by atoms with E-state index in [0.29, 0.717) is 63.4 Å². The van der Waals surface area contributed by atoms with E-state index in [0.717, 1.165) is 12.0 Å². The number of hydrogen-bond donors (Lipinski definition) is 3. The molecule has 3 heterocycles. The Kier molecular flexibility index (Phi) is 22.9. The van der Waals surface area contributed by atoms with Crippen LogP contribution in [0.25, 0.3) is 0 Å². The van der Waals surface area contributed by atoms with Crippen molar-refractivity contribution in [2.24, 2.45) is 35.5 Å². The Morgan fingerprint density at radius 2 is 1.60 bits per heavy atom. The van der Waals surface area contributed by atoms with Gasteiger partial charge in [0.2, 0.25) is 5.79 Å². The molecule has 15 nitrogen and oxygen atoms in total. The number of allylic oxidation sites excluding steroid dienone is 6. The Bertz CT molecular complexity index is 1810. The third kappa shape index (κ3) is 15.3. The van der Waals surface area contributed by atoms with Gasteiger partial charge in [-0.05, 0) is 107 Å². The SMILES string of the molecule is CO[C@H]1C[C@@H]2CC[C@@H](C)[C@@](O)(O2)C(=O)C(=O)N2CCCC[C@H]2C(=O)O[C@H]([C@@H](C)C[C@@H]2CC[C@@H](OCCO)[C@H](OC)C2)CC(=O)/C(C)=C/C(C)[C@@H](O)[C@@H](OC)C(=O)[C@H](C)C[C@H](C)C=CC=CC=C1C. The number of cyclic esters (lactones) is 1. The second kappa shape index (κ2) is 27.3. The summed E-state index contributed by atoms with van der Waals surface area (Å²) < 4.78 is 35.6. The highest BCUT2D eigenvalue weighted by atomic mass is 16.6. The Morgan fingerprint density at radius 3 is 2.28 bits per heavy atom. The van der Waals surface area contributed by atoms with E-state index in [1.165, 1.54) is 12.0 Å². The minimum absolute atomic E-state index is 0.0185. The molecular formula is C53H83NO14.